The van der Waals surface area contributed by atoms with E-state index < -0.39 is 0 Å². The zero-order valence-electron chi connectivity index (χ0n) is 21.5. The number of carbonyl (C=O) groups is 2. The van der Waals surface area contributed by atoms with Crippen LogP contribution in [0.1, 0.15) is 29.0 Å². The molecule has 2 unspecified atom stereocenters. The van der Waals surface area contributed by atoms with Crippen LogP contribution in [0.4, 0.5) is 4.39 Å². The average molecular weight is 525 g/mol. The first kappa shape index (κ1) is 26.1. The number of hydrogen-bond acceptors (Lipinski definition) is 4. The molecule has 198 valence electrons. The van der Waals surface area contributed by atoms with Crippen molar-refractivity contribution in [2.45, 2.75) is 25.4 Å². The Morgan fingerprint density at radius 2 is 1.67 bits per heavy atom. The van der Waals surface area contributed by atoms with E-state index in [4.69, 9.17) is 4.42 Å². The Morgan fingerprint density at radius 1 is 0.949 bits per heavy atom. The van der Waals surface area contributed by atoms with E-state index >= 15 is 0 Å². The van der Waals surface area contributed by atoms with E-state index in [1.54, 1.807) is 42.5 Å². The highest BCUT2D eigenvalue weighted by Crippen LogP contribution is 2.48. The van der Waals surface area contributed by atoms with Gasteiger partial charge in [0, 0.05) is 19.0 Å². The first-order chi connectivity index (χ1) is 18.9. The molecule has 0 N–H and O–H groups in total. The van der Waals surface area contributed by atoms with Crippen LogP contribution in [0, 0.1) is 11.7 Å². The number of fused-ring (bicyclic) bond motifs is 1. The Labute approximate surface area is 226 Å². The van der Waals surface area contributed by atoms with Crippen molar-refractivity contribution in [1.29, 1.82) is 0 Å². The predicted octanol–water partition coefficient (Wildman–Crippen LogP) is 5.28. The van der Waals surface area contributed by atoms with E-state index in [1.807, 2.05) is 30.3 Å². The first-order valence-electron chi connectivity index (χ1n) is 12.9. The van der Waals surface area contributed by atoms with Gasteiger partial charge in [0.15, 0.2) is 5.43 Å². The van der Waals surface area contributed by atoms with Gasteiger partial charge in [0.25, 0.3) is 0 Å². The summed E-state index contributed by atoms with van der Waals surface area (Å²) in [6.07, 6.45) is 3.71. The fraction of sp³-hybridized carbons (Fsp3) is 0.219. The fourth-order valence-electron chi connectivity index (χ4n) is 4.90. The maximum atomic E-state index is 13.7. The standard InChI is InChI=1S/C32H29FN2O4/c1-2-16-34(32(38)28-17-27(28)23-8-4-3-5-9-23)20-30(36)35(18-22-12-14-25(33)15-13-22)19-24-21-39-29-11-7-6-10-26(29)31(24)37/h2-15,21,27-28H,1,16-20H2. The number of para-hydroxylation sites is 1. The van der Waals surface area contributed by atoms with Gasteiger partial charge in [0.2, 0.25) is 11.8 Å². The molecular weight excluding hydrogens is 495 g/mol. The van der Waals surface area contributed by atoms with Crippen molar-refractivity contribution >= 4 is 22.8 Å². The van der Waals surface area contributed by atoms with Gasteiger partial charge in [-0.25, -0.2) is 4.39 Å². The molecule has 3 aromatic carbocycles. The van der Waals surface area contributed by atoms with Crippen LogP contribution in [0.5, 0.6) is 0 Å². The van der Waals surface area contributed by atoms with E-state index in [0.29, 0.717) is 22.1 Å². The highest BCUT2D eigenvalue weighted by Gasteiger charge is 2.45. The zero-order chi connectivity index (χ0) is 27.4. The summed E-state index contributed by atoms with van der Waals surface area (Å²) in [4.78, 5) is 43.2. The van der Waals surface area contributed by atoms with Crippen LogP contribution in [0.3, 0.4) is 0 Å². The molecule has 2 amide bonds. The molecule has 5 rings (SSSR count). The molecule has 0 radical (unpaired) electrons. The number of rotatable bonds is 10. The second kappa shape index (κ2) is 11.5. The molecule has 0 aliphatic heterocycles. The van der Waals surface area contributed by atoms with Gasteiger partial charge in [0.1, 0.15) is 17.9 Å². The van der Waals surface area contributed by atoms with Gasteiger partial charge in [0.05, 0.1) is 23.8 Å². The van der Waals surface area contributed by atoms with Crippen molar-refractivity contribution in [3.05, 3.63) is 131 Å². The number of carbonyl (C=O) groups excluding carboxylic acids is 2. The third-order valence-electron chi connectivity index (χ3n) is 7.07. The third kappa shape index (κ3) is 5.98. The van der Waals surface area contributed by atoms with Crippen LogP contribution in [0.25, 0.3) is 11.0 Å². The van der Waals surface area contributed by atoms with Gasteiger partial charge in [-0.15, -0.1) is 6.58 Å². The molecule has 1 saturated carbocycles. The molecule has 7 heteroatoms. The van der Waals surface area contributed by atoms with Crippen molar-refractivity contribution < 1.29 is 18.4 Å². The molecule has 1 aromatic heterocycles. The van der Waals surface area contributed by atoms with Gasteiger partial charge < -0.3 is 14.2 Å². The summed E-state index contributed by atoms with van der Waals surface area (Å²) in [5, 5.41) is 0.424. The summed E-state index contributed by atoms with van der Waals surface area (Å²) in [6, 6.07) is 22.7. The zero-order valence-corrected chi connectivity index (χ0v) is 21.5. The second-order valence-electron chi connectivity index (χ2n) is 9.83. The van der Waals surface area contributed by atoms with Crippen LogP contribution >= 0.6 is 0 Å². The minimum absolute atomic E-state index is 0.0183. The van der Waals surface area contributed by atoms with Crippen LogP contribution in [0.15, 0.2) is 107 Å². The van der Waals surface area contributed by atoms with Crippen LogP contribution in [-0.2, 0) is 22.7 Å². The maximum absolute atomic E-state index is 13.7. The number of benzene rings is 3. The summed E-state index contributed by atoms with van der Waals surface area (Å²) < 4.78 is 19.2. The Bertz CT molecular complexity index is 1550. The molecule has 0 bridgehead atoms. The molecule has 1 fully saturated rings. The van der Waals surface area contributed by atoms with E-state index in [0.717, 1.165) is 12.0 Å². The molecule has 0 spiro atoms. The molecule has 1 heterocycles. The fourth-order valence-corrected chi connectivity index (χ4v) is 4.90. The Hall–Kier alpha value is -4.52. The average Bonchev–Trinajstić information content (AvgIpc) is 3.76. The number of halogens is 1. The summed E-state index contributed by atoms with van der Waals surface area (Å²) in [5.74, 6) is -0.855. The molecular formula is C32H29FN2O4. The highest BCUT2D eigenvalue weighted by atomic mass is 19.1. The highest BCUT2D eigenvalue weighted by molar-refractivity contribution is 5.88. The van der Waals surface area contributed by atoms with E-state index in [2.05, 4.69) is 6.58 Å². The lowest BCUT2D eigenvalue weighted by molar-refractivity contribution is -0.141. The molecule has 1 aliphatic carbocycles. The maximum Gasteiger partial charge on any atom is 0.242 e. The largest absolute Gasteiger partial charge is 0.464 e. The number of amides is 2. The monoisotopic (exact) mass is 524 g/mol. The molecule has 4 aromatic rings. The molecule has 39 heavy (non-hydrogen) atoms. The minimum Gasteiger partial charge on any atom is -0.464 e. The van der Waals surface area contributed by atoms with E-state index in [1.165, 1.54) is 28.2 Å². The molecule has 2 atom stereocenters. The minimum atomic E-state index is -0.382. The van der Waals surface area contributed by atoms with Gasteiger partial charge in [-0.3, -0.25) is 14.4 Å². The van der Waals surface area contributed by atoms with Gasteiger partial charge >= 0.3 is 0 Å². The Balaban J connectivity index is 1.37. The number of nitrogens with zero attached hydrogens (tertiary/aromatic N) is 2. The molecule has 6 nitrogen and oxygen atoms in total. The van der Waals surface area contributed by atoms with Gasteiger partial charge in [-0.05, 0) is 47.7 Å². The van der Waals surface area contributed by atoms with E-state index in [9.17, 15) is 18.8 Å². The van der Waals surface area contributed by atoms with Crippen LogP contribution in [0.2, 0.25) is 0 Å². The summed E-state index contributed by atoms with van der Waals surface area (Å²) in [7, 11) is 0. The van der Waals surface area contributed by atoms with Crippen LogP contribution < -0.4 is 5.43 Å². The molecule has 1 aliphatic rings. The Kier molecular flexibility index (Phi) is 7.68. The van der Waals surface area contributed by atoms with Crippen molar-refractivity contribution in [3.63, 3.8) is 0 Å². The quantitative estimate of drug-likeness (QED) is 0.265. The predicted molar refractivity (Wildman–Crippen MR) is 147 cm³/mol. The van der Waals surface area contributed by atoms with E-state index in [-0.39, 0.29) is 61.1 Å². The van der Waals surface area contributed by atoms with Crippen molar-refractivity contribution in [3.8, 4) is 0 Å². The van der Waals surface area contributed by atoms with Crippen LogP contribution in [-0.4, -0.2) is 34.7 Å². The van der Waals surface area contributed by atoms with Crippen molar-refractivity contribution in [1.82, 2.24) is 9.80 Å². The smallest absolute Gasteiger partial charge is 0.242 e. The lowest BCUT2D eigenvalue weighted by Crippen LogP contribution is -2.43. The van der Waals surface area contributed by atoms with Crippen molar-refractivity contribution in [2.24, 2.45) is 5.92 Å². The molecule has 0 saturated heterocycles. The second-order valence-corrected chi connectivity index (χ2v) is 9.83. The lowest BCUT2D eigenvalue weighted by Gasteiger charge is -2.27. The van der Waals surface area contributed by atoms with Crippen molar-refractivity contribution in [2.75, 3.05) is 13.1 Å². The summed E-state index contributed by atoms with van der Waals surface area (Å²) in [5.41, 5.74) is 2.36. The lowest BCUT2D eigenvalue weighted by atomic mass is 10.1. The summed E-state index contributed by atoms with van der Waals surface area (Å²) in [6.45, 7) is 3.95. The SMILES string of the molecule is C=CCN(CC(=O)N(Cc1ccc(F)cc1)Cc1coc2ccccc2c1=O)C(=O)C1CC1c1ccccc1. The Morgan fingerprint density at radius 3 is 2.41 bits per heavy atom. The topological polar surface area (TPSA) is 70.8 Å². The number of hydrogen-bond donors (Lipinski definition) is 0. The third-order valence-corrected chi connectivity index (χ3v) is 7.07. The van der Waals surface area contributed by atoms with Gasteiger partial charge in [-0.2, -0.15) is 0 Å². The normalized spacial score (nSPS) is 16.0. The van der Waals surface area contributed by atoms with Gasteiger partial charge in [-0.1, -0.05) is 60.7 Å². The summed E-state index contributed by atoms with van der Waals surface area (Å²) >= 11 is 0. The first-order valence-corrected chi connectivity index (χ1v) is 12.9.